The number of Topliss-reactive ketones (excluding diaryl/α,β-unsaturated/α-hetero) is 1. The summed E-state index contributed by atoms with van der Waals surface area (Å²) in [6.45, 7) is 1.92. The van der Waals surface area contributed by atoms with Crippen LogP contribution in [-0.2, 0) is 0 Å². The van der Waals surface area contributed by atoms with Gasteiger partial charge in [0.15, 0.2) is 5.78 Å². The maximum Gasteiger partial charge on any atom is 0.185 e. The van der Waals surface area contributed by atoms with E-state index >= 15 is 0 Å². The van der Waals surface area contributed by atoms with Gasteiger partial charge in [0, 0.05) is 14.5 Å². The summed E-state index contributed by atoms with van der Waals surface area (Å²) in [5.74, 6) is -0.994. The second-order valence-corrected chi connectivity index (χ2v) is 6.23. The second-order valence-electron chi connectivity index (χ2n) is 4.46. The largest absolute Gasteiger partial charge is 0.292 e. The van der Waals surface area contributed by atoms with Gasteiger partial charge in [-0.15, -0.1) is 0 Å². The maximum atomic E-state index is 12.6. The molecule has 0 aliphatic heterocycles. The lowest BCUT2D eigenvalue weighted by Gasteiger charge is -2.11. The molecule has 0 aromatic heterocycles. The van der Waals surface area contributed by atoms with Crippen LogP contribution in [0.4, 0.5) is 0 Å². The molecule has 1 atom stereocenters. The van der Waals surface area contributed by atoms with Crippen molar-refractivity contribution in [3.05, 3.63) is 68.1 Å². The fourth-order valence-electron chi connectivity index (χ4n) is 1.95. The summed E-state index contributed by atoms with van der Waals surface area (Å²) in [5.41, 5.74) is 2.22. The molecule has 0 heterocycles. The number of carbonyl (C=O) groups excluding carboxylic acids is 1. The number of hydrogen-bond acceptors (Lipinski definition) is 2. The van der Waals surface area contributed by atoms with Gasteiger partial charge in [-0.1, -0.05) is 55.6 Å². The summed E-state index contributed by atoms with van der Waals surface area (Å²) in [6.07, 6.45) is 0. The molecule has 0 fully saturated rings. The van der Waals surface area contributed by atoms with Crippen molar-refractivity contribution in [2.45, 2.75) is 12.8 Å². The molecule has 20 heavy (non-hydrogen) atoms. The Hall–Kier alpha value is -1.44. The van der Waals surface area contributed by atoms with E-state index in [-0.39, 0.29) is 5.78 Å². The molecule has 2 aromatic carbocycles. The normalized spacial score (nSPS) is 11.7. The van der Waals surface area contributed by atoms with Crippen molar-refractivity contribution >= 4 is 37.6 Å². The highest BCUT2D eigenvalue weighted by atomic mass is 79.9. The topological polar surface area (TPSA) is 40.9 Å². The smallest absolute Gasteiger partial charge is 0.185 e. The maximum absolute atomic E-state index is 12.6. The van der Waals surface area contributed by atoms with Gasteiger partial charge >= 0.3 is 0 Å². The number of aryl methyl sites for hydroxylation is 1. The molecule has 0 bridgehead atoms. The van der Waals surface area contributed by atoms with Crippen molar-refractivity contribution in [1.29, 1.82) is 5.26 Å². The van der Waals surface area contributed by atoms with Crippen molar-refractivity contribution in [2.75, 3.05) is 0 Å². The Balaban J connectivity index is 2.45. The van der Waals surface area contributed by atoms with E-state index in [9.17, 15) is 10.1 Å². The first-order valence-corrected chi connectivity index (χ1v) is 7.57. The van der Waals surface area contributed by atoms with E-state index in [4.69, 9.17) is 0 Å². The van der Waals surface area contributed by atoms with Crippen LogP contribution in [0.3, 0.4) is 0 Å². The predicted octanol–water partition coefficient (Wildman–Crippen LogP) is 5.01. The Labute approximate surface area is 134 Å². The highest BCUT2D eigenvalue weighted by Crippen LogP contribution is 2.27. The molecule has 2 nitrogen and oxygen atoms in total. The minimum atomic E-state index is -0.800. The molecule has 2 rings (SSSR count). The molecule has 0 spiro atoms. The van der Waals surface area contributed by atoms with E-state index < -0.39 is 5.92 Å². The van der Waals surface area contributed by atoms with Crippen LogP contribution in [0, 0.1) is 18.3 Å². The highest BCUT2D eigenvalue weighted by Gasteiger charge is 2.23. The van der Waals surface area contributed by atoms with Gasteiger partial charge in [0.2, 0.25) is 0 Å². The van der Waals surface area contributed by atoms with Crippen molar-refractivity contribution in [3.8, 4) is 6.07 Å². The summed E-state index contributed by atoms with van der Waals surface area (Å²) < 4.78 is 1.56. The summed E-state index contributed by atoms with van der Waals surface area (Å²) in [5, 5.41) is 9.36. The molecule has 1 unspecified atom stereocenters. The zero-order valence-corrected chi connectivity index (χ0v) is 13.9. The predicted molar refractivity (Wildman–Crippen MR) is 85.7 cm³/mol. The first-order chi connectivity index (χ1) is 9.52. The SMILES string of the molecule is Cc1ccc(Br)c(C(=O)C(C#N)c2cccc(Br)c2)c1. The van der Waals surface area contributed by atoms with Crippen molar-refractivity contribution in [1.82, 2.24) is 0 Å². The van der Waals surface area contributed by atoms with E-state index in [1.807, 2.05) is 31.2 Å². The van der Waals surface area contributed by atoms with Gasteiger partial charge in [0.05, 0.1) is 6.07 Å². The standard InChI is InChI=1S/C16H11Br2NO/c1-10-5-6-15(18)13(7-10)16(20)14(9-19)11-3-2-4-12(17)8-11/h2-8,14H,1H3. The fraction of sp³-hybridized carbons (Fsp3) is 0.125. The van der Waals surface area contributed by atoms with Crippen LogP contribution in [0.5, 0.6) is 0 Å². The average Bonchev–Trinajstić information content (AvgIpc) is 2.42. The second kappa shape index (κ2) is 6.34. The monoisotopic (exact) mass is 391 g/mol. The van der Waals surface area contributed by atoms with Crippen molar-refractivity contribution in [2.24, 2.45) is 0 Å². The zero-order valence-electron chi connectivity index (χ0n) is 10.7. The van der Waals surface area contributed by atoms with E-state index in [1.165, 1.54) is 0 Å². The van der Waals surface area contributed by atoms with Crippen LogP contribution in [-0.4, -0.2) is 5.78 Å². The Morgan fingerprint density at radius 1 is 1.20 bits per heavy atom. The van der Waals surface area contributed by atoms with Crippen LogP contribution in [0.25, 0.3) is 0 Å². The van der Waals surface area contributed by atoms with Gasteiger partial charge < -0.3 is 0 Å². The number of halogens is 2. The van der Waals surface area contributed by atoms with Gasteiger partial charge in [0.1, 0.15) is 5.92 Å². The van der Waals surface area contributed by atoms with Crippen LogP contribution >= 0.6 is 31.9 Å². The fourth-order valence-corrected chi connectivity index (χ4v) is 2.81. The van der Waals surface area contributed by atoms with Crippen LogP contribution in [0.2, 0.25) is 0 Å². The number of carbonyl (C=O) groups is 1. The molecule has 0 amide bonds. The van der Waals surface area contributed by atoms with Gasteiger partial charge in [-0.25, -0.2) is 0 Å². The van der Waals surface area contributed by atoms with E-state index in [2.05, 4.69) is 37.9 Å². The minimum Gasteiger partial charge on any atom is -0.292 e. The summed E-state index contributed by atoms with van der Waals surface area (Å²) >= 11 is 6.74. The molecule has 0 saturated heterocycles. The quantitative estimate of drug-likeness (QED) is 0.688. The summed E-state index contributed by atoms with van der Waals surface area (Å²) in [7, 11) is 0. The number of rotatable bonds is 3. The lowest BCUT2D eigenvalue weighted by Crippen LogP contribution is -2.12. The number of nitrogens with zero attached hydrogens (tertiary/aromatic N) is 1. The first-order valence-electron chi connectivity index (χ1n) is 5.98. The third-order valence-corrected chi connectivity index (χ3v) is 4.15. The minimum absolute atomic E-state index is 0.193. The average molecular weight is 393 g/mol. The van der Waals surface area contributed by atoms with Gasteiger partial charge in [0.25, 0.3) is 0 Å². The molecule has 0 aliphatic carbocycles. The molecule has 100 valence electrons. The molecule has 0 radical (unpaired) electrons. The molecule has 0 N–H and O–H groups in total. The van der Waals surface area contributed by atoms with Gasteiger partial charge in [-0.3, -0.25) is 4.79 Å². The first kappa shape index (κ1) is 15.0. The lowest BCUT2D eigenvalue weighted by atomic mass is 9.91. The summed E-state index contributed by atoms with van der Waals surface area (Å²) in [6, 6.07) is 14.9. The van der Waals surface area contributed by atoms with E-state index in [0.29, 0.717) is 15.6 Å². The number of ketones is 1. The Bertz CT molecular complexity index is 704. The number of hydrogen-bond donors (Lipinski definition) is 0. The van der Waals surface area contributed by atoms with Gasteiger partial charge in [-0.05, 0) is 36.8 Å². The van der Waals surface area contributed by atoms with Crippen LogP contribution < -0.4 is 0 Å². The van der Waals surface area contributed by atoms with Crippen molar-refractivity contribution in [3.63, 3.8) is 0 Å². The molecule has 0 aliphatic rings. The third kappa shape index (κ3) is 3.17. The van der Waals surface area contributed by atoms with Crippen LogP contribution in [0.15, 0.2) is 51.4 Å². The summed E-state index contributed by atoms with van der Waals surface area (Å²) in [4.78, 5) is 12.6. The molecular weight excluding hydrogens is 382 g/mol. The Morgan fingerprint density at radius 2 is 1.95 bits per heavy atom. The molecule has 4 heteroatoms. The van der Waals surface area contributed by atoms with Crippen molar-refractivity contribution < 1.29 is 4.79 Å². The Kier molecular flexibility index (Phi) is 4.74. The van der Waals surface area contributed by atoms with E-state index in [0.717, 1.165) is 10.0 Å². The highest BCUT2D eigenvalue weighted by molar-refractivity contribution is 9.10. The van der Waals surface area contributed by atoms with E-state index in [1.54, 1.807) is 18.2 Å². The molecule has 0 saturated carbocycles. The third-order valence-electron chi connectivity index (χ3n) is 2.96. The number of benzene rings is 2. The van der Waals surface area contributed by atoms with Crippen LogP contribution in [0.1, 0.15) is 27.4 Å². The van der Waals surface area contributed by atoms with Gasteiger partial charge in [-0.2, -0.15) is 5.26 Å². The number of nitriles is 1. The lowest BCUT2D eigenvalue weighted by molar-refractivity contribution is 0.0978. The molecule has 2 aromatic rings. The Morgan fingerprint density at radius 3 is 2.60 bits per heavy atom. The zero-order chi connectivity index (χ0) is 14.7. The molecular formula is C16H11Br2NO.